The first kappa shape index (κ1) is 15.3. The summed E-state index contributed by atoms with van der Waals surface area (Å²) in [6.45, 7) is 3.48. The van der Waals surface area contributed by atoms with Crippen LogP contribution in [0, 0.1) is 0 Å². The molecule has 2 rings (SSSR count). The molecule has 1 heterocycles. The Morgan fingerprint density at radius 1 is 1.33 bits per heavy atom. The summed E-state index contributed by atoms with van der Waals surface area (Å²) in [5.74, 6) is -0.704. The zero-order valence-electron chi connectivity index (χ0n) is 12.1. The monoisotopic (exact) mass is 293 g/mol. The number of ether oxygens (including phenoxy) is 2. The van der Waals surface area contributed by atoms with Crippen LogP contribution in [0.1, 0.15) is 19.4 Å². The maximum Gasteiger partial charge on any atom is 0.410 e. The maximum atomic E-state index is 11.9. The van der Waals surface area contributed by atoms with E-state index < -0.39 is 23.7 Å². The summed E-state index contributed by atoms with van der Waals surface area (Å²) in [5, 5.41) is 10.2. The van der Waals surface area contributed by atoms with Crippen molar-refractivity contribution in [1.29, 1.82) is 0 Å². The highest BCUT2D eigenvalue weighted by atomic mass is 16.6. The summed E-state index contributed by atoms with van der Waals surface area (Å²) in [4.78, 5) is 24.9. The van der Waals surface area contributed by atoms with Crippen molar-refractivity contribution >= 4 is 12.1 Å². The van der Waals surface area contributed by atoms with Crippen LogP contribution in [-0.2, 0) is 20.9 Å². The largest absolute Gasteiger partial charge is 0.464 e. The van der Waals surface area contributed by atoms with Crippen LogP contribution in [0.2, 0.25) is 0 Å². The van der Waals surface area contributed by atoms with Crippen molar-refractivity contribution in [2.75, 3.05) is 13.2 Å². The lowest BCUT2D eigenvalue weighted by Crippen LogP contribution is -2.73. The molecule has 21 heavy (non-hydrogen) atoms. The third-order valence-corrected chi connectivity index (χ3v) is 3.64. The summed E-state index contributed by atoms with van der Waals surface area (Å²) < 4.78 is 9.97. The molecule has 1 aliphatic heterocycles. The smallest absolute Gasteiger partial charge is 0.410 e. The fourth-order valence-corrected chi connectivity index (χ4v) is 2.19. The number of hydrogen-bond acceptors (Lipinski definition) is 5. The minimum atomic E-state index is -1.64. The molecule has 1 aliphatic rings. The van der Waals surface area contributed by atoms with Crippen LogP contribution in [0.4, 0.5) is 4.79 Å². The van der Waals surface area contributed by atoms with Crippen LogP contribution in [0.15, 0.2) is 30.3 Å². The van der Waals surface area contributed by atoms with Crippen molar-refractivity contribution in [2.24, 2.45) is 0 Å². The van der Waals surface area contributed by atoms with E-state index in [1.54, 1.807) is 13.8 Å². The minimum absolute atomic E-state index is 0.110. The van der Waals surface area contributed by atoms with E-state index in [0.717, 1.165) is 5.56 Å². The molecule has 1 N–H and O–H groups in total. The number of aliphatic hydroxyl groups is 1. The molecule has 1 aromatic carbocycles. The number of benzene rings is 1. The highest BCUT2D eigenvalue weighted by molar-refractivity contribution is 5.85. The quantitative estimate of drug-likeness (QED) is 0.847. The zero-order valence-corrected chi connectivity index (χ0v) is 12.1. The van der Waals surface area contributed by atoms with Crippen LogP contribution < -0.4 is 0 Å². The highest BCUT2D eigenvalue weighted by Gasteiger charge is 2.58. The number of likely N-dealkylation sites (tertiary alicyclic amines) is 1. The molecule has 1 saturated heterocycles. The van der Waals surface area contributed by atoms with Crippen molar-refractivity contribution in [1.82, 2.24) is 4.90 Å². The van der Waals surface area contributed by atoms with Gasteiger partial charge in [0.25, 0.3) is 0 Å². The van der Waals surface area contributed by atoms with Gasteiger partial charge in [-0.05, 0) is 19.4 Å². The van der Waals surface area contributed by atoms with Crippen molar-refractivity contribution in [3.63, 3.8) is 0 Å². The number of hydrogen-bond donors (Lipinski definition) is 1. The van der Waals surface area contributed by atoms with Crippen LogP contribution in [0.3, 0.4) is 0 Å². The third kappa shape index (κ3) is 3.00. The second-order valence-corrected chi connectivity index (χ2v) is 4.99. The van der Waals surface area contributed by atoms with Crippen LogP contribution in [0.25, 0.3) is 0 Å². The van der Waals surface area contributed by atoms with Crippen LogP contribution in [0.5, 0.6) is 0 Å². The molecule has 0 aliphatic carbocycles. The second-order valence-electron chi connectivity index (χ2n) is 4.99. The normalized spacial score (nSPS) is 24.1. The number of rotatable bonds is 4. The van der Waals surface area contributed by atoms with Gasteiger partial charge >= 0.3 is 12.1 Å². The second kappa shape index (κ2) is 6.13. The number of nitrogens with zero attached hydrogens (tertiary/aromatic N) is 1. The Morgan fingerprint density at radius 3 is 2.57 bits per heavy atom. The van der Waals surface area contributed by atoms with E-state index in [1.165, 1.54) is 4.90 Å². The number of esters is 1. The summed E-state index contributed by atoms with van der Waals surface area (Å²) in [6.07, 6.45) is -0.555. The van der Waals surface area contributed by atoms with Gasteiger partial charge in [0.05, 0.1) is 19.2 Å². The Bertz CT molecular complexity index is 518. The van der Waals surface area contributed by atoms with E-state index in [-0.39, 0.29) is 19.8 Å². The lowest BCUT2D eigenvalue weighted by molar-refractivity contribution is -0.193. The summed E-state index contributed by atoms with van der Waals surface area (Å²) in [6, 6.07) is 8.62. The molecule has 0 bridgehead atoms. The summed E-state index contributed by atoms with van der Waals surface area (Å²) >= 11 is 0. The van der Waals surface area contributed by atoms with Crippen LogP contribution >= 0.6 is 0 Å². The fraction of sp³-hybridized carbons (Fsp3) is 0.467. The number of carbonyl (C=O) groups excluding carboxylic acids is 2. The molecule has 6 heteroatoms. The SMILES string of the molecule is CCOC(=O)C1(O)CN(C(=O)OCc2ccccc2)[C@H]1C. The molecule has 1 fully saturated rings. The molecule has 6 nitrogen and oxygen atoms in total. The van der Waals surface area contributed by atoms with Gasteiger partial charge < -0.3 is 14.6 Å². The Kier molecular flexibility index (Phi) is 4.47. The lowest BCUT2D eigenvalue weighted by atomic mass is 9.85. The van der Waals surface area contributed by atoms with Crippen molar-refractivity contribution in [2.45, 2.75) is 32.1 Å². The molecule has 1 amide bonds. The van der Waals surface area contributed by atoms with Gasteiger partial charge in [-0.2, -0.15) is 0 Å². The molecule has 0 saturated carbocycles. The standard InChI is InChI=1S/C15H19NO5/c1-3-20-13(17)15(19)10-16(11(15)2)14(18)21-9-12-7-5-4-6-8-12/h4-8,11,19H,3,9-10H2,1-2H3/t11-,15?/m0/s1. The molecule has 0 radical (unpaired) electrons. The predicted molar refractivity (Wildman–Crippen MR) is 74.4 cm³/mol. The van der Waals surface area contributed by atoms with Crippen molar-refractivity contribution in [3.05, 3.63) is 35.9 Å². The minimum Gasteiger partial charge on any atom is -0.464 e. The molecule has 114 valence electrons. The van der Waals surface area contributed by atoms with Gasteiger partial charge in [0, 0.05) is 0 Å². The zero-order chi connectivity index (χ0) is 15.5. The average Bonchev–Trinajstić information content (AvgIpc) is 2.50. The molecule has 0 aromatic heterocycles. The third-order valence-electron chi connectivity index (χ3n) is 3.64. The van der Waals surface area contributed by atoms with Gasteiger partial charge in [0.1, 0.15) is 6.61 Å². The van der Waals surface area contributed by atoms with Gasteiger partial charge in [-0.1, -0.05) is 30.3 Å². The van der Waals surface area contributed by atoms with Gasteiger partial charge in [-0.3, -0.25) is 4.90 Å². The van der Waals surface area contributed by atoms with Crippen molar-refractivity contribution in [3.8, 4) is 0 Å². The fourth-order valence-electron chi connectivity index (χ4n) is 2.19. The summed E-state index contributed by atoms with van der Waals surface area (Å²) in [5.41, 5.74) is -0.762. The van der Waals surface area contributed by atoms with E-state index in [9.17, 15) is 14.7 Å². The van der Waals surface area contributed by atoms with Crippen LogP contribution in [-0.4, -0.2) is 46.9 Å². The molecular weight excluding hydrogens is 274 g/mol. The van der Waals surface area contributed by atoms with Gasteiger partial charge in [0.2, 0.25) is 0 Å². The topological polar surface area (TPSA) is 76.1 Å². The first-order valence-corrected chi connectivity index (χ1v) is 6.86. The van der Waals surface area contributed by atoms with E-state index in [4.69, 9.17) is 9.47 Å². The Balaban J connectivity index is 1.87. The van der Waals surface area contributed by atoms with E-state index in [1.807, 2.05) is 30.3 Å². The highest BCUT2D eigenvalue weighted by Crippen LogP contribution is 2.31. The van der Waals surface area contributed by atoms with Crippen molar-refractivity contribution < 1.29 is 24.2 Å². The van der Waals surface area contributed by atoms with Gasteiger partial charge in [0.15, 0.2) is 5.60 Å². The Labute approximate surface area is 123 Å². The lowest BCUT2D eigenvalue weighted by Gasteiger charge is -2.49. The first-order valence-electron chi connectivity index (χ1n) is 6.86. The van der Waals surface area contributed by atoms with E-state index in [0.29, 0.717) is 0 Å². The van der Waals surface area contributed by atoms with Gasteiger partial charge in [-0.25, -0.2) is 9.59 Å². The Hall–Kier alpha value is -2.08. The Morgan fingerprint density at radius 2 is 2.00 bits per heavy atom. The average molecular weight is 293 g/mol. The molecule has 0 spiro atoms. The maximum absolute atomic E-state index is 11.9. The molecule has 1 aromatic rings. The number of β-amino-alcohol motifs (C(OH)–C–C–N with tert-alkyl or cyclic N) is 1. The number of carbonyl (C=O) groups is 2. The molecule has 1 unspecified atom stereocenters. The number of amides is 1. The van der Waals surface area contributed by atoms with Gasteiger partial charge in [-0.15, -0.1) is 0 Å². The molecule has 2 atom stereocenters. The van der Waals surface area contributed by atoms with E-state index >= 15 is 0 Å². The predicted octanol–water partition coefficient (Wildman–Crippen LogP) is 1.32. The first-order chi connectivity index (χ1) is 9.99. The van der Waals surface area contributed by atoms with E-state index in [2.05, 4.69) is 0 Å². The molecular formula is C15H19NO5. The summed E-state index contributed by atoms with van der Waals surface area (Å²) in [7, 11) is 0.